The Morgan fingerprint density at radius 3 is 2.87 bits per heavy atom. The summed E-state index contributed by atoms with van der Waals surface area (Å²) >= 11 is 0. The van der Waals surface area contributed by atoms with Crippen molar-refractivity contribution < 1.29 is 19.7 Å². The molecule has 6 heteroatoms. The van der Waals surface area contributed by atoms with Gasteiger partial charge in [0.25, 0.3) is 0 Å². The number of ether oxygens (including phenoxy) is 1. The average molecular weight is 418 g/mol. The molecule has 160 valence electrons. The predicted molar refractivity (Wildman–Crippen MR) is 118 cm³/mol. The summed E-state index contributed by atoms with van der Waals surface area (Å²) in [4.78, 5) is 15.2. The minimum atomic E-state index is -0.916. The molecule has 31 heavy (non-hydrogen) atoms. The Hall–Kier alpha value is -3.22. The van der Waals surface area contributed by atoms with Gasteiger partial charge in [0.15, 0.2) is 0 Å². The first-order valence-corrected chi connectivity index (χ1v) is 10.4. The van der Waals surface area contributed by atoms with E-state index in [0.29, 0.717) is 18.7 Å². The number of aromatic carboxylic acids is 1. The molecule has 0 fully saturated rings. The Balaban J connectivity index is 1.37. The topological polar surface area (TPSA) is 91.7 Å². The van der Waals surface area contributed by atoms with E-state index < -0.39 is 12.1 Å². The van der Waals surface area contributed by atoms with Gasteiger partial charge in [-0.15, -0.1) is 0 Å². The van der Waals surface area contributed by atoms with Gasteiger partial charge in [0.2, 0.25) is 0 Å². The molecular formula is C25H26N2O4. The zero-order valence-corrected chi connectivity index (χ0v) is 17.4. The molecule has 3 aromatic rings. The molecule has 4 rings (SSSR count). The highest BCUT2D eigenvalue weighted by molar-refractivity contribution is 5.89. The Labute approximate surface area is 181 Å². The highest BCUT2D eigenvalue weighted by Gasteiger charge is 2.21. The first-order valence-electron chi connectivity index (χ1n) is 10.4. The monoisotopic (exact) mass is 418 g/mol. The van der Waals surface area contributed by atoms with Crippen LogP contribution in [0.5, 0.6) is 5.75 Å². The number of carbonyl (C=O) groups is 1. The van der Waals surface area contributed by atoms with E-state index in [9.17, 15) is 9.90 Å². The number of carboxylic acids is 1. The molecule has 0 spiro atoms. The number of pyridine rings is 1. The summed E-state index contributed by atoms with van der Waals surface area (Å²) in [7, 11) is 0. The van der Waals surface area contributed by atoms with Crippen LogP contribution in [-0.4, -0.2) is 40.4 Å². The van der Waals surface area contributed by atoms with E-state index in [0.717, 1.165) is 46.4 Å². The quantitative estimate of drug-likeness (QED) is 0.541. The lowest BCUT2D eigenvalue weighted by molar-refractivity contribution is 0.0696. The van der Waals surface area contributed by atoms with Gasteiger partial charge in [0, 0.05) is 31.0 Å². The Bertz CT molecular complexity index is 1070. The van der Waals surface area contributed by atoms with Crippen molar-refractivity contribution in [1.82, 2.24) is 10.3 Å². The molecule has 0 unspecified atom stereocenters. The molecule has 0 amide bonds. The fourth-order valence-corrected chi connectivity index (χ4v) is 3.95. The van der Waals surface area contributed by atoms with Crippen molar-refractivity contribution in [1.29, 1.82) is 0 Å². The minimum Gasteiger partial charge on any atom is -0.489 e. The summed E-state index contributed by atoms with van der Waals surface area (Å²) in [5.41, 5.74) is 5.28. The molecule has 1 aliphatic heterocycles. The number of nitrogens with zero attached hydrogens (tertiary/aromatic N) is 1. The predicted octanol–water partition coefficient (Wildman–Crippen LogP) is 3.77. The zero-order chi connectivity index (χ0) is 21.8. The van der Waals surface area contributed by atoms with Crippen molar-refractivity contribution in [3.05, 3.63) is 83.2 Å². The number of benzene rings is 2. The van der Waals surface area contributed by atoms with Crippen LogP contribution in [0.25, 0.3) is 11.1 Å². The average Bonchev–Trinajstić information content (AvgIpc) is 2.79. The maximum Gasteiger partial charge on any atom is 0.335 e. The van der Waals surface area contributed by atoms with Crippen LogP contribution < -0.4 is 10.1 Å². The molecule has 2 heterocycles. The molecule has 0 bridgehead atoms. The molecule has 0 aliphatic carbocycles. The van der Waals surface area contributed by atoms with Gasteiger partial charge < -0.3 is 20.3 Å². The van der Waals surface area contributed by atoms with Crippen LogP contribution in [0, 0.1) is 6.92 Å². The van der Waals surface area contributed by atoms with Gasteiger partial charge in [0.1, 0.15) is 11.9 Å². The van der Waals surface area contributed by atoms with Crippen LogP contribution >= 0.6 is 0 Å². The molecular weight excluding hydrogens is 392 g/mol. The lowest BCUT2D eigenvalue weighted by Gasteiger charge is -2.27. The molecule has 2 atom stereocenters. The van der Waals surface area contributed by atoms with Gasteiger partial charge in [-0.1, -0.05) is 18.2 Å². The molecule has 6 nitrogen and oxygen atoms in total. The van der Waals surface area contributed by atoms with Crippen molar-refractivity contribution >= 4 is 5.97 Å². The Morgan fingerprint density at radius 2 is 2.13 bits per heavy atom. The number of aromatic nitrogens is 1. The number of rotatable bonds is 7. The molecule has 1 aliphatic rings. The maximum absolute atomic E-state index is 11.2. The van der Waals surface area contributed by atoms with Crippen molar-refractivity contribution in [2.45, 2.75) is 32.0 Å². The van der Waals surface area contributed by atoms with Crippen molar-refractivity contribution in [2.24, 2.45) is 0 Å². The standard InChI is InChI=1S/C25H26N2O4/c1-16-11-19(25(29)30)5-8-22(16)17-6-9-24-18(12-17)4-7-21(31-24)14-27-15-23(28)20-3-2-10-26-13-20/h2-3,5-6,8-13,21,23,27-28H,4,7,14-15H2,1H3,(H,29,30)/t21-,23-/m1/s1. The van der Waals surface area contributed by atoms with Crippen LogP contribution in [-0.2, 0) is 6.42 Å². The van der Waals surface area contributed by atoms with Crippen LogP contribution in [0.3, 0.4) is 0 Å². The fourth-order valence-electron chi connectivity index (χ4n) is 3.95. The molecule has 0 radical (unpaired) electrons. The van der Waals surface area contributed by atoms with Crippen molar-refractivity contribution in [2.75, 3.05) is 13.1 Å². The lowest BCUT2D eigenvalue weighted by atomic mass is 9.94. The summed E-state index contributed by atoms with van der Waals surface area (Å²) in [6.07, 6.45) is 4.62. The van der Waals surface area contributed by atoms with Gasteiger partial charge in [-0.05, 0) is 72.4 Å². The second-order valence-corrected chi connectivity index (χ2v) is 7.90. The summed E-state index contributed by atoms with van der Waals surface area (Å²) in [6.45, 7) is 3.04. The summed E-state index contributed by atoms with van der Waals surface area (Å²) in [5, 5.41) is 22.7. The first kappa shape index (κ1) is 21.0. The Kier molecular flexibility index (Phi) is 6.30. The number of hydrogen-bond donors (Lipinski definition) is 3. The van der Waals surface area contributed by atoms with E-state index in [2.05, 4.69) is 16.4 Å². The van der Waals surface area contributed by atoms with E-state index in [1.54, 1.807) is 24.5 Å². The molecule has 3 N–H and O–H groups in total. The molecule has 0 saturated carbocycles. The van der Waals surface area contributed by atoms with E-state index in [-0.39, 0.29) is 6.10 Å². The number of aryl methyl sites for hydroxylation is 2. The number of aliphatic hydroxyl groups is 1. The summed E-state index contributed by atoms with van der Waals surface area (Å²) < 4.78 is 6.16. The third-order valence-electron chi connectivity index (χ3n) is 5.65. The van der Waals surface area contributed by atoms with Gasteiger partial charge >= 0.3 is 5.97 Å². The first-order chi connectivity index (χ1) is 15.0. The highest BCUT2D eigenvalue weighted by Crippen LogP contribution is 2.33. The van der Waals surface area contributed by atoms with E-state index in [1.807, 2.05) is 37.3 Å². The Morgan fingerprint density at radius 1 is 1.26 bits per heavy atom. The van der Waals surface area contributed by atoms with Crippen LogP contribution in [0.4, 0.5) is 0 Å². The van der Waals surface area contributed by atoms with Gasteiger partial charge in [-0.25, -0.2) is 4.79 Å². The number of fused-ring (bicyclic) bond motifs is 1. The van der Waals surface area contributed by atoms with Gasteiger partial charge in [-0.3, -0.25) is 4.98 Å². The normalized spacial score (nSPS) is 16.3. The van der Waals surface area contributed by atoms with Crippen molar-refractivity contribution in [3.8, 4) is 16.9 Å². The van der Waals surface area contributed by atoms with Crippen LogP contribution in [0.15, 0.2) is 60.9 Å². The second kappa shape index (κ2) is 9.29. The third-order valence-corrected chi connectivity index (χ3v) is 5.65. The van der Waals surface area contributed by atoms with E-state index in [1.165, 1.54) is 0 Å². The van der Waals surface area contributed by atoms with Gasteiger partial charge in [0.05, 0.1) is 11.7 Å². The lowest BCUT2D eigenvalue weighted by Crippen LogP contribution is -2.36. The van der Waals surface area contributed by atoms with E-state index in [4.69, 9.17) is 9.84 Å². The zero-order valence-electron chi connectivity index (χ0n) is 17.4. The summed E-state index contributed by atoms with van der Waals surface area (Å²) in [5.74, 6) is -0.0319. The molecule has 2 aromatic carbocycles. The summed E-state index contributed by atoms with van der Waals surface area (Å²) in [6, 6.07) is 15.0. The van der Waals surface area contributed by atoms with E-state index >= 15 is 0 Å². The number of aliphatic hydroxyl groups excluding tert-OH is 1. The van der Waals surface area contributed by atoms with Crippen LogP contribution in [0.2, 0.25) is 0 Å². The fraction of sp³-hybridized carbons (Fsp3) is 0.280. The van der Waals surface area contributed by atoms with Gasteiger partial charge in [-0.2, -0.15) is 0 Å². The second-order valence-electron chi connectivity index (χ2n) is 7.90. The smallest absolute Gasteiger partial charge is 0.335 e. The minimum absolute atomic E-state index is 0.0519. The SMILES string of the molecule is Cc1cc(C(=O)O)ccc1-c1ccc2c(c1)CC[C@H](CNC[C@@H](O)c1cccnc1)O2. The highest BCUT2D eigenvalue weighted by atomic mass is 16.5. The molecule has 0 saturated heterocycles. The number of hydrogen-bond acceptors (Lipinski definition) is 5. The number of carboxylic acid groups (broad SMARTS) is 1. The third kappa shape index (κ3) is 4.93. The molecule has 1 aromatic heterocycles. The largest absolute Gasteiger partial charge is 0.489 e. The maximum atomic E-state index is 11.2. The van der Waals surface area contributed by atoms with Crippen molar-refractivity contribution in [3.63, 3.8) is 0 Å². The van der Waals surface area contributed by atoms with Crippen LogP contribution in [0.1, 0.15) is 39.6 Å². The number of nitrogens with one attached hydrogen (secondary N) is 1.